The predicted molar refractivity (Wildman–Crippen MR) is 133 cm³/mol. The molecule has 9 nitrogen and oxygen atoms in total. The Morgan fingerprint density at radius 1 is 1.21 bits per heavy atom. The van der Waals surface area contributed by atoms with E-state index in [2.05, 4.69) is 21.7 Å². The lowest BCUT2D eigenvalue weighted by atomic mass is 10.1. The molecule has 1 aromatic carbocycles. The number of aryl methyl sites for hydroxylation is 1. The van der Waals surface area contributed by atoms with Gasteiger partial charge in [0, 0.05) is 37.8 Å². The van der Waals surface area contributed by atoms with E-state index in [1.165, 1.54) is 9.13 Å². The minimum absolute atomic E-state index is 0.0418. The molecule has 0 amide bonds. The van der Waals surface area contributed by atoms with E-state index < -0.39 is 5.69 Å². The van der Waals surface area contributed by atoms with Gasteiger partial charge in [-0.3, -0.25) is 23.5 Å². The van der Waals surface area contributed by atoms with Gasteiger partial charge in [-0.05, 0) is 37.5 Å². The molecule has 34 heavy (non-hydrogen) atoms. The van der Waals surface area contributed by atoms with Crippen molar-refractivity contribution >= 4 is 28.0 Å². The van der Waals surface area contributed by atoms with Crippen LogP contribution in [0.1, 0.15) is 25.3 Å². The number of rotatable bonds is 4. The maximum Gasteiger partial charge on any atom is 0.332 e. The van der Waals surface area contributed by atoms with Crippen molar-refractivity contribution in [3.63, 3.8) is 0 Å². The maximum absolute atomic E-state index is 13.7. The Balaban J connectivity index is 1.68. The first-order chi connectivity index (χ1) is 16.5. The van der Waals surface area contributed by atoms with E-state index in [1.54, 1.807) is 20.2 Å². The molecule has 0 bridgehead atoms. The number of imidazole rings is 1. The van der Waals surface area contributed by atoms with Crippen LogP contribution in [0.4, 0.5) is 5.95 Å². The molecule has 0 aliphatic carbocycles. The van der Waals surface area contributed by atoms with Gasteiger partial charge in [-0.1, -0.05) is 24.1 Å². The summed E-state index contributed by atoms with van der Waals surface area (Å²) in [7, 11) is 1.65. The first-order valence-corrected chi connectivity index (χ1v) is 11.4. The Morgan fingerprint density at radius 2 is 2.03 bits per heavy atom. The van der Waals surface area contributed by atoms with E-state index in [1.807, 2.05) is 34.9 Å². The third-order valence-corrected chi connectivity index (χ3v) is 6.35. The summed E-state index contributed by atoms with van der Waals surface area (Å²) >= 11 is 0. The summed E-state index contributed by atoms with van der Waals surface area (Å²) < 4.78 is 4.51. The van der Waals surface area contributed by atoms with Gasteiger partial charge in [0.25, 0.3) is 5.56 Å². The fourth-order valence-corrected chi connectivity index (χ4v) is 4.63. The van der Waals surface area contributed by atoms with Crippen molar-refractivity contribution in [2.75, 3.05) is 18.0 Å². The van der Waals surface area contributed by atoms with E-state index in [9.17, 15) is 9.59 Å². The molecule has 1 atom stereocenters. The standard InChI is InChI=1S/C25H27N7O2/c1-3-4-12-31-21-22(28-24(31)30-11-7-9-19(26)16-30)29(2)25(34)32(23(21)33)15-17-13-18-8-5-6-10-20(18)27-14-17/h5-6,8,10,13-14,19H,7,9,11-12,15-16,26H2,1-2H3. The highest BCUT2D eigenvalue weighted by molar-refractivity contribution is 5.79. The smallest absolute Gasteiger partial charge is 0.332 e. The fraction of sp³-hybridized carbons (Fsp3) is 0.360. The van der Waals surface area contributed by atoms with E-state index in [0.717, 1.165) is 35.9 Å². The summed E-state index contributed by atoms with van der Waals surface area (Å²) in [5.41, 5.74) is 7.77. The molecule has 2 N–H and O–H groups in total. The zero-order chi connectivity index (χ0) is 23.8. The Hall–Kier alpha value is -3.90. The second-order valence-electron chi connectivity index (χ2n) is 8.71. The number of para-hydroxylation sites is 1. The van der Waals surface area contributed by atoms with Gasteiger partial charge in [-0.25, -0.2) is 4.79 Å². The number of aromatic nitrogens is 5. The van der Waals surface area contributed by atoms with Gasteiger partial charge < -0.3 is 10.6 Å². The van der Waals surface area contributed by atoms with Crippen LogP contribution in [0.15, 0.2) is 46.1 Å². The van der Waals surface area contributed by atoms with Crippen molar-refractivity contribution in [1.82, 2.24) is 23.7 Å². The molecule has 174 valence electrons. The normalized spacial score (nSPS) is 16.1. The average molecular weight is 458 g/mol. The highest BCUT2D eigenvalue weighted by Gasteiger charge is 2.26. The molecule has 1 unspecified atom stereocenters. The molecular weight excluding hydrogens is 430 g/mol. The monoisotopic (exact) mass is 457 g/mol. The lowest BCUT2D eigenvalue weighted by molar-refractivity contribution is 0.496. The molecule has 4 aromatic rings. The second kappa shape index (κ2) is 8.80. The second-order valence-corrected chi connectivity index (χ2v) is 8.71. The van der Waals surface area contributed by atoms with Crippen LogP contribution in [0, 0.1) is 11.8 Å². The highest BCUT2D eigenvalue weighted by atomic mass is 16.2. The van der Waals surface area contributed by atoms with Crippen LogP contribution in [0.3, 0.4) is 0 Å². The van der Waals surface area contributed by atoms with Crippen molar-refractivity contribution < 1.29 is 0 Å². The summed E-state index contributed by atoms with van der Waals surface area (Å²) in [6, 6.07) is 9.75. The summed E-state index contributed by atoms with van der Waals surface area (Å²) in [5.74, 6) is 6.58. The van der Waals surface area contributed by atoms with Crippen molar-refractivity contribution in [1.29, 1.82) is 0 Å². The van der Waals surface area contributed by atoms with Crippen LogP contribution < -0.4 is 21.9 Å². The van der Waals surface area contributed by atoms with Crippen LogP contribution >= 0.6 is 0 Å². The number of nitrogens with zero attached hydrogens (tertiary/aromatic N) is 6. The van der Waals surface area contributed by atoms with Crippen LogP contribution in [0.2, 0.25) is 0 Å². The SMILES string of the molecule is CC#CCn1c(N2CCCC(N)C2)nc2c1c(=O)n(Cc1cnc3ccccc3c1)c(=O)n2C. The van der Waals surface area contributed by atoms with Gasteiger partial charge in [-0.2, -0.15) is 4.98 Å². The maximum atomic E-state index is 13.7. The van der Waals surface area contributed by atoms with Gasteiger partial charge in [0.1, 0.15) is 0 Å². The third kappa shape index (κ3) is 3.76. The van der Waals surface area contributed by atoms with Gasteiger partial charge >= 0.3 is 5.69 Å². The number of anilines is 1. The van der Waals surface area contributed by atoms with E-state index >= 15 is 0 Å². The topological polar surface area (TPSA) is 104 Å². The predicted octanol–water partition coefficient (Wildman–Crippen LogP) is 1.44. The number of hydrogen-bond acceptors (Lipinski definition) is 6. The zero-order valence-corrected chi connectivity index (χ0v) is 19.4. The van der Waals surface area contributed by atoms with Crippen LogP contribution in [-0.4, -0.2) is 42.8 Å². The van der Waals surface area contributed by atoms with Crippen molar-refractivity contribution in [2.24, 2.45) is 12.8 Å². The number of fused-ring (bicyclic) bond motifs is 2. The van der Waals surface area contributed by atoms with Crippen LogP contribution in [0.25, 0.3) is 22.1 Å². The number of nitrogens with two attached hydrogens (primary N) is 1. The summed E-state index contributed by atoms with van der Waals surface area (Å²) in [4.78, 5) is 38.2. The molecule has 3 aromatic heterocycles. The quantitative estimate of drug-likeness (QED) is 0.465. The van der Waals surface area contributed by atoms with Gasteiger partial charge in [-0.15, -0.1) is 5.92 Å². The van der Waals surface area contributed by atoms with Crippen LogP contribution in [-0.2, 0) is 20.1 Å². The first kappa shape index (κ1) is 21.9. The molecule has 4 heterocycles. The minimum Gasteiger partial charge on any atom is -0.341 e. The van der Waals surface area contributed by atoms with Gasteiger partial charge in [0.05, 0.1) is 18.6 Å². The molecule has 5 rings (SSSR count). The number of pyridine rings is 1. The molecule has 0 spiro atoms. The summed E-state index contributed by atoms with van der Waals surface area (Å²) in [5, 5.41) is 0.956. The average Bonchev–Trinajstić information content (AvgIpc) is 3.23. The van der Waals surface area contributed by atoms with Gasteiger partial charge in [0.15, 0.2) is 11.2 Å². The first-order valence-electron chi connectivity index (χ1n) is 11.4. The van der Waals surface area contributed by atoms with E-state index in [0.29, 0.717) is 30.2 Å². The number of piperidine rings is 1. The fourth-order valence-electron chi connectivity index (χ4n) is 4.63. The largest absolute Gasteiger partial charge is 0.341 e. The van der Waals surface area contributed by atoms with Gasteiger partial charge in [0.2, 0.25) is 5.95 Å². The summed E-state index contributed by atoms with van der Waals surface area (Å²) in [6.45, 7) is 3.62. The molecule has 1 fully saturated rings. The molecule has 0 saturated carbocycles. The van der Waals surface area contributed by atoms with Crippen molar-refractivity contribution in [3.05, 3.63) is 62.9 Å². The third-order valence-electron chi connectivity index (χ3n) is 6.35. The molecule has 0 radical (unpaired) electrons. The zero-order valence-electron chi connectivity index (χ0n) is 19.4. The number of benzene rings is 1. The minimum atomic E-state index is -0.418. The lowest BCUT2D eigenvalue weighted by Gasteiger charge is -2.31. The molecule has 1 aliphatic heterocycles. The van der Waals surface area contributed by atoms with E-state index in [4.69, 9.17) is 10.7 Å². The Bertz CT molecular complexity index is 1570. The van der Waals surface area contributed by atoms with Crippen molar-refractivity contribution in [2.45, 2.75) is 38.9 Å². The molecule has 9 heteroatoms. The lowest BCUT2D eigenvalue weighted by Crippen LogP contribution is -2.44. The molecule has 1 aliphatic rings. The molecular formula is C25H27N7O2. The van der Waals surface area contributed by atoms with Crippen molar-refractivity contribution in [3.8, 4) is 11.8 Å². The van der Waals surface area contributed by atoms with E-state index in [-0.39, 0.29) is 18.1 Å². The number of hydrogen-bond donors (Lipinski definition) is 1. The molecule has 1 saturated heterocycles. The van der Waals surface area contributed by atoms with Crippen LogP contribution in [0.5, 0.6) is 0 Å². The Morgan fingerprint density at radius 3 is 2.82 bits per heavy atom. The highest BCUT2D eigenvalue weighted by Crippen LogP contribution is 2.23. The Kier molecular flexibility index (Phi) is 5.67. The Labute approximate surface area is 196 Å². The summed E-state index contributed by atoms with van der Waals surface area (Å²) in [6.07, 6.45) is 3.61.